The Bertz CT molecular complexity index is 462. The van der Waals surface area contributed by atoms with Gasteiger partial charge in [0.15, 0.2) is 11.4 Å². The van der Waals surface area contributed by atoms with Gasteiger partial charge in [-0.15, -0.1) is 0 Å². The lowest BCUT2D eigenvalue weighted by Crippen LogP contribution is -1.97. The van der Waals surface area contributed by atoms with Gasteiger partial charge in [-0.25, -0.2) is 4.39 Å². The van der Waals surface area contributed by atoms with Gasteiger partial charge in [-0.3, -0.25) is 0 Å². The van der Waals surface area contributed by atoms with Crippen LogP contribution in [0.5, 0.6) is 0 Å². The van der Waals surface area contributed by atoms with E-state index < -0.39 is 0 Å². The Morgan fingerprint density at radius 1 is 1.43 bits per heavy atom. The molecule has 0 aliphatic carbocycles. The molecule has 1 aromatic carbocycles. The van der Waals surface area contributed by atoms with Crippen LogP contribution in [0.1, 0.15) is 18.2 Å². The number of benzene rings is 1. The van der Waals surface area contributed by atoms with Gasteiger partial charge in [-0.2, -0.15) is 0 Å². The van der Waals surface area contributed by atoms with Crippen LogP contribution in [0.4, 0.5) is 4.39 Å². The number of rotatable bonds is 2. The minimum Gasteiger partial charge on any atom is -0.456 e. The van der Waals surface area contributed by atoms with Crippen LogP contribution >= 0.6 is 0 Å². The van der Waals surface area contributed by atoms with E-state index in [1.165, 1.54) is 6.07 Å². The zero-order chi connectivity index (χ0) is 10.1. The fourth-order valence-corrected chi connectivity index (χ4v) is 1.74. The summed E-state index contributed by atoms with van der Waals surface area (Å²) in [6, 6.07) is 4.94. The standard InChI is InChI=1S/C11H12FNO/c1-2-7-8-4-3-5-9(12)11(8)14-10(7)6-13/h3-5H,2,6,13H2,1H3. The Balaban J connectivity index is 2.79. The Hall–Kier alpha value is -1.35. The summed E-state index contributed by atoms with van der Waals surface area (Å²) in [7, 11) is 0. The van der Waals surface area contributed by atoms with Crippen molar-refractivity contribution in [1.29, 1.82) is 0 Å². The summed E-state index contributed by atoms with van der Waals surface area (Å²) in [5, 5.41) is 0.841. The van der Waals surface area contributed by atoms with Crippen molar-refractivity contribution < 1.29 is 8.81 Å². The molecule has 0 bridgehead atoms. The van der Waals surface area contributed by atoms with Crippen LogP contribution in [0.25, 0.3) is 11.0 Å². The first-order valence-electron chi connectivity index (χ1n) is 4.66. The van der Waals surface area contributed by atoms with Crippen molar-refractivity contribution in [1.82, 2.24) is 0 Å². The van der Waals surface area contributed by atoms with Crippen LogP contribution in [0.15, 0.2) is 22.6 Å². The van der Waals surface area contributed by atoms with Gasteiger partial charge in [-0.1, -0.05) is 19.1 Å². The molecule has 0 saturated heterocycles. The van der Waals surface area contributed by atoms with E-state index in [1.54, 1.807) is 6.07 Å². The lowest BCUT2D eigenvalue weighted by molar-refractivity contribution is 0.517. The maximum absolute atomic E-state index is 13.3. The molecule has 1 heterocycles. The van der Waals surface area contributed by atoms with Gasteiger partial charge in [0, 0.05) is 10.9 Å². The molecule has 0 fully saturated rings. The SMILES string of the molecule is CCc1c(CN)oc2c(F)cccc12. The molecule has 2 nitrogen and oxygen atoms in total. The van der Waals surface area contributed by atoms with Gasteiger partial charge in [0.25, 0.3) is 0 Å². The van der Waals surface area contributed by atoms with Crippen LogP contribution in [-0.4, -0.2) is 0 Å². The zero-order valence-corrected chi connectivity index (χ0v) is 8.01. The van der Waals surface area contributed by atoms with E-state index in [-0.39, 0.29) is 5.82 Å². The van der Waals surface area contributed by atoms with E-state index in [0.29, 0.717) is 17.9 Å². The minimum atomic E-state index is -0.322. The number of nitrogens with two attached hydrogens (primary N) is 1. The van der Waals surface area contributed by atoms with Crippen molar-refractivity contribution in [3.05, 3.63) is 35.3 Å². The number of furan rings is 1. The van der Waals surface area contributed by atoms with Gasteiger partial charge in [0.2, 0.25) is 0 Å². The number of halogens is 1. The molecule has 0 unspecified atom stereocenters. The number of fused-ring (bicyclic) bond motifs is 1. The van der Waals surface area contributed by atoms with Crippen LogP contribution in [0.2, 0.25) is 0 Å². The van der Waals surface area contributed by atoms with E-state index >= 15 is 0 Å². The van der Waals surface area contributed by atoms with E-state index in [4.69, 9.17) is 10.2 Å². The van der Waals surface area contributed by atoms with Crippen molar-refractivity contribution in [2.24, 2.45) is 5.73 Å². The average Bonchev–Trinajstić information content (AvgIpc) is 2.57. The summed E-state index contributed by atoms with van der Waals surface area (Å²) in [6.45, 7) is 2.33. The summed E-state index contributed by atoms with van der Waals surface area (Å²) in [6.07, 6.45) is 0.809. The molecule has 0 spiro atoms. The smallest absolute Gasteiger partial charge is 0.170 e. The highest BCUT2D eigenvalue weighted by Gasteiger charge is 2.13. The first-order valence-corrected chi connectivity index (χ1v) is 4.66. The molecule has 2 rings (SSSR count). The van der Waals surface area contributed by atoms with Gasteiger partial charge >= 0.3 is 0 Å². The maximum atomic E-state index is 13.3. The van der Waals surface area contributed by atoms with E-state index in [9.17, 15) is 4.39 Å². The second-order valence-corrected chi connectivity index (χ2v) is 3.18. The molecule has 74 valence electrons. The predicted octanol–water partition coefficient (Wildman–Crippen LogP) is 2.59. The van der Waals surface area contributed by atoms with Crippen molar-refractivity contribution >= 4 is 11.0 Å². The number of hydrogen-bond donors (Lipinski definition) is 1. The van der Waals surface area contributed by atoms with Crippen molar-refractivity contribution in [3.8, 4) is 0 Å². The number of hydrogen-bond acceptors (Lipinski definition) is 2. The summed E-state index contributed by atoms with van der Waals surface area (Å²) < 4.78 is 18.7. The third-order valence-electron chi connectivity index (χ3n) is 2.39. The van der Waals surface area contributed by atoms with E-state index in [0.717, 1.165) is 17.4 Å². The summed E-state index contributed by atoms with van der Waals surface area (Å²) >= 11 is 0. The second kappa shape index (κ2) is 3.42. The Labute approximate surface area is 81.5 Å². The maximum Gasteiger partial charge on any atom is 0.170 e. The van der Waals surface area contributed by atoms with Crippen molar-refractivity contribution in [2.45, 2.75) is 19.9 Å². The van der Waals surface area contributed by atoms with E-state index in [1.807, 2.05) is 13.0 Å². The van der Waals surface area contributed by atoms with Crippen LogP contribution < -0.4 is 5.73 Å². The highest BCUT2D eigenvalue weighted by atomic mass is 19.1. The molecule has 0 aliphatic heterocycles. The monoisotopic (exact) mass is 193 g/mol. The Kier molecular flexibility index (Phi) is 2.25. The summed E-state index contributed by atoms with van der Waals surface area (Å²) in [5.74, 6) is 0.365. The van der Waals surface area contributed by atoms with Crippen LogP contribution in [0.3, 0.4) is 0 Å². The Morgan fingerprint density at radius 2 is 2.21 bits per heavy atom. The van der Waals surface area contributed by atoms with Crippen molar-refractivity contribution in [3.63, 3.8) is 0 Å². The van der Waals surface area contributed by atoms with Crippen LogP contribution in [0, 0.1) is 5.82 Å². The van der Waals surface area contributed by atoms with Gasteiger partial charge in [-0.05, 0) is 12.5 Å². The lowest BCUT2D eigenvalue weighted by atomic mass is 10.1. The Morgan fingerprint density at radius 3 is 2.86 bits per heavy atom. The molecule has 0 atom stereocenters. The highest BCUT2D eigenvalue weighted by molar-refractivity contribution is 5.82. The van der Waals surface area contributed by atoms with Gasteiger partial charge < -0.3 is 10.2 Å². The van der Waals surface area contributed by atoms with E-state index in [2.05, 4.69) is 0 Å². The highest BCUT2D eigenvalue weighted by Crippen LogP contribution is 2.27. The van der Waals surface area contributed by atoms with Crippen molar-refractivity contribution in [2.75, 3.05) is 0 Å². The minimum absolute atomic E-state index is 0.317. The fourth-order valence-electron chi connectivity index (χ4n) is 1.74. The number of aryl methyl sites for hydroxylation is 1. The molecular formula is C11H12FNO. The fraction of sp³-hybridized carbons (Fsp3) is 0.273. The molecule has 0 radical (unpaired) electrons. The molecule has 0 amide bonds. The van der Waals surface area contributed by atoms with Gasteiger partial charge in [0.05, 0.1) is 6.54 Å². The first kappa shape index (κ1) is 9.21. The molecule has 2 N–H and O–H groups in total. The third-order valence-corrected chi connectivity index (χ3v) is 2.39. The molecule has 3 heteroatoms. The lowest BCUT2D eigenvalue weighted by Gasteiger charge is -1.94. The summed E-state index contributed by atoms with van der Waals surface area (Å²) in [5.41, 5.74) is 6.86. The molecule has 1 aromatic heterocycles. The largest absolute Gasteiger partial charge is 0.456 e. The third kappa shape index (κ3) is 1.21. The van der Waals surface area contributed by atoms with Gasteiger partial charge in [0.1, 0.15) is 5.76 Å². The normalized spacial score (nSPS) is 11.1. The molecule has 14 heavy (non-hydrogen) atoms. The predicted molar refractivity (Wildman–Crippen MR) is 53.4 cm³/mol. The molecule has 0 aliphatic rings. The average molecular weight is 193 g/mol. The number of para-hydroxylation sites is 1. The topological polar surface area (TPSA) is 39.2 Å². The zero-order valence-electron chi connectivity index (χ0n) is 8.01. The second-order valence-electron chi connectivity index (χ2n) is 3.18. The van der Waals surface area contributed by atoms with Crippen LogP contribution in [-0.2, 0) is 13.0 Å². The molecular weight excluding hydrogens is 181 g/mol. The molecule has 0 saturated carbocycles. The quantitative estimate of drug-likeness (QED) is 0.796. The molecule has 2 aromatic rings. The summed E-state index contributed by atoms with van der Waals surface area (Å²) in [4.78, 5) is 0. The first-order chi connectivity index (χ1) is 6.77.